The quantitative estimate of drug-likeness (QED) is 0.864. The Morgan fingerprint density at radius 2 is 1.95 bits per heavy atom. The van der Waals surface area contributed by atoms with E-state index >= 15 is 0 Å². The highest BCUT2D eigenvalue weighted by atomic mass is 35.5. The third-order valence-electron chi connectivity index (χ3n) is 3.47. The average molecular weight is 339 g/mol. The minimum absolute atomic E-state index is 0. The molecule has 1 amide bonds. The number of nitrogens with two attached hydrogens (primary N) is 1. The van der Waals surface area contributed by atoms with Crippen molar-refractivity contribution in [3.05, 3.63) is 17.5 Å². The highest BCUT2D eigenvalue weighted by molar-refractivity contribution is 5.85. The Bertz CT molecular complexity index is 435. The summed E-state index contributed by atoms with van der Waals surface area (Å²) < 4.78 is 1.75. The Morgan fingerprint density at radius 3 is 2.38 bits per heavy atom. The van der Waals surface area contributed by atoms with Crippen LogP contribution in [0.2, 0.25) is 0 Å². The first-order chi connectivity index (χ1) is 8.81. The summed E-state index contributed by atoms with van der Waals surface area (Å²) in [6, 6.07) is 2.12. The van der Waals surface area contributed by atoms with Gasteiger partial charge in [-0.05, 0) is 32.3 Å². The standard InChI is InChI=1S/C14H26N4O.2ClH/c1-10(2)13(15)6-7-17(5)14(19)9-18-12(4)8-11(3)16-18;;/h8,10,13H,6-7,9,15H2,1-5H3;2*1H. The lowest BCUT2D eigenvalue weighted by Gasteiger charge is -2.21. The second-order valence-corrected chi connectivity index (χ2v) is 5.60. The van der Waals surface area contributed by atoms with Gasteiger partial charge in [0.2, 0.25) is 5.91 Å². The van der Waals surface area contributed by atoms with Crippen LogP contribution in [0.3, 0.4) is 0 Å². The molecule has 5 nitrogen and oxygen atoms in total. The molecule has 0 saturated heterocycles. The van der Waals surface area contributed by atoms with E-state index in [-0.39, 0.29) is 36.8 Å². The van der Waals surface area contributed by atoms with Gasteiger partial charge in [-0.1, -0.05) is 13.8 Å². The molecule has 0 bridgehead atoms. The lowest BCUT2D eigenvalue weighted by Crippen LogP contribution is -2.36. The summed E-state index contributed by atoms with van der Waals surface area (Å²) in [4.78, 5) is 13.8. The number of hydrogen-bond donors (Lipinski definition) is 1. The predicted molar refractivity (Wildman–Crippen MR) is 91.3 cm³/mol. The van der Waals surface area contributed by atoms with Gasteiger partial charge >= 0.3 is 0 Å². The molecule has 0 saturated carbocycles. The lowest BCUT2D eigenvalue weighted by atomic mass is 10.0. The summed E-state index contributed by atoms with van der Waals surface area (Å²) in [7, 11) is 1.82. The van der Waals surface area contributed by atoms with E-state index < -0.39 is 0 Å². The van der Waals surface area contributed by atoms with Crippen molar-refractivity contribution < 1.29 is 4.79 Å². The van der Waals surface area contributed by atoms with Crippen LogP contribution in [0.1, 0.15) is 31.7 Å². The molecule has 1 aromatic rings. The number of carbonyl (C=O) groups is 1. The molecule has 1 heterocycles. The predicted octanol–water partition coefficient (Wildman–Crippen LogP) is 2.18. The van der Waals surface area contributed by atoms with Crippen LogP contribution in [0, 0.1) is 19.8 Å². The van der Waals surface area contributed by atoms with Gasteiger partial charge in [-0.3, -0.25) is 9.48 Å². The third kappa shape index (κ3) is 7.16. The molecule has 0 aliphatic rings. The number of nitrogens with zero attached hydrogens (tertiary/aromatic N) is 3. The van der Waals surface area contributed by atoms with Crippen LogP contribution in [0.4, 0.5) is 0 Å². The molecule has 7 heteroatoms. The van der Waals surface area contributed by atoms with E-state index in [1.165, 1.54) is 0 Å². The Hall–Kier alpha value is -0.780. The highest BCUT2D eigenvalue weighted by Crippen LogP contribution is 2.05. The molecule has 0 aromatic carbocycles. The summed E-state index contributed by atoms with van der Waals surface area (Å²) in [5.74, 6) is 0.515. The van der Waals surface area contributed by atoms with Gasteiger partial charge in [0.05, 0.1) is 5.69 Å². The van der Waals surface area contributed by atoms with Crippen LogP contribution in [0.5, 0.6) is 0 Å². The molecule has 124 valence electrons. The fourth-order valence-electron chi connectivity index (χ4n) is 1.88. The minimum Gasteiger partial charge on any atom is -0.344 e. The Kier molecular flexibility index (Phi) is 10.7. The Balaban J connectivity index is 0. The summed E-state index contributed by atoms with van der Waals surface area (Å²) >= 11 is 0. The summed E-state index contributed by atoms with van der Waals surface area (Å²) in [6.07, 6.45) is 0.830. The maximum atomic E-state index is 12.1. The second kappa shape index (κ2) is 10.0. The van der Waals surface area contributed by atoms with Gasteiger partial charge < -0.3 is 10.6 Å². The fourth-order valence-corrected chi connectivity index (χ4v) is 1.88. The van der Waals surface area contributed by atoms with E-state index in [1.807, 2.05) is 27.0 Å². The molecule has 0 aliphatic heterocycles. The van der Waals surface area contributed by atoms with Crippen molar-refractivity contribution in [1.82, 2.24) is 14.7 Å². The monoisotopic (exact) mass is 338 g/mol. The number of aromatic nitrogens is 2. The molecule has 0 spiro atoms. The number of hydrogen-bond acceptors (Lipinski definition) is 3. The molecule has 21 heavy (non-hydrogen) atoms. The van der Waals surface area contributed by atoms with E-state index in [4.69, 9.17) is 5.73 Å². The van der Waals surface area contributed by atoms with Crippen LogP contribution < -0.4 is 5.73 Å². The van der Waals surface area contributed by atoms with Crippen molar-refractivity contribution >= 4 is 30.7 Å². The van der Waals surface area contributed by atoms with Crippen molar-refractivity contribution in [1.29, 1.82) is 0 Å². The zero-order valence-electron chi connectivity index (χ0n) is 13.5. The van der Waals surface area contributed by atoms with Gasteiger partial charge in [0.25, 0.3) is 0 Å². The first-order valence-corrected chi connectivity index (χ1v) is 6.82. The number of halogens is 2. The smallest absolute Gasteiger partial charge is 0.244 e. The van der Waals surface area contributed by atoms with Gasteiger partial charge in [0.15, 0.2) is 0 Å². The van der Waals surface area contributed by atoms with Gasteiger partial charge in [-0.2, -0.15) is 5.10 Å². The van der Waals surface area contributed by atoms with Gasteiger partial charge in [-0.15, -0.1) is 24.8 Å². The molecule has 0 radical (unpaired) electrons. The lowest BCUT2D eigenvalue weighted by molar-refractivity contribution is -0.130. The fraction of sp³-hybridized carbons (Fsp3) is 0.714. The third-order valence-corrected chi connectivity index (χ3v) is 3.47. The van der Waals surface area contributed by atoms with E-state index in [1.54, 1.807) is 9.58 Å². The molecule has 2 N–H and O–H groups in total. The molecule has 1 atom stereocenters. The topological polar surface area (TPSA) is 64.2 Å². The molecule has 1 unspecified atom stereocenters. The largest absolute Gasteiger partial charge is 0.344 e. The van der Waals surface area contributed by atoms with Gasteiger partial charge in [-0.25, -0.2) is 0 Å². The molecular formula is C14H28Cl2N4O. The van der Waals surface area contributed by atoms with E-state index in [2.05, 4.69) is 18.9 Å². The zero-order chi connectivity index (χ0) is 14.6. The minimum atomic E-state index is 0. The van der Waals surface area contributed by atoms with E-state index in [9.17, 15) is 4.79 Å². The second-order valence-electron chi connectivity index (χ2n) is 5.60. The number of amides is 1. The van der Waals surface area contributed by atoms with Crippen molar-refractivity contribution in [3.8, 4) is 0 Å². The molecule has 1 aromatic heterocycles. The van der Waals surface area contributed by atoms with Crippen LogP contribution in [-0.2, 0) is 11.3 Å². The van der Waals surface area contributed by atoms with Crippen LogP contribution in [0.15, 0.2) is 6.07 Å². The van der Waals surface area contributed by atoms with E-state index in [0.29, 0.717) is 19.0 Å². The number of likely N-dealkylation sites (N-methyl/N-ethyl adjacent to an activating group) is 1. The number of aryl methyl sites for hydroxylation is 2. The molecule has 1 rings (SSSR count). The maximum Gasteiger partial charge on any atom is 0.244 e. The first kappa shape index (κ1) is 22.5. The highest BCUT2D eigenvalue weighted by Gasteiger charge is 2.14. The Morgan fingerprint density at radius 1 is 1.38 bits per heavy atom. The van der Waals surface area contributed by atoms with Crippen LogP contribution in [-0.4, -0.2) is 40.2 Å². The van der Waals surface area contributed by atoms with E-state index in [0.717, 1.165) is 17.8 Å². The average Bonchev–Trinajstić information content (AvgIpc) is 2.63. The van der Waals surface area contributed by atoms with Gasteiger partial charge in [0.1, 0.15) is 6.54 Å². The number of carbonyl (C=O) groups excluding carboxylic acids is 1. The molecule has 0 fully saturated rings. The molecular weight excluding hydrogens is 311 g/mol. The number of rotatable bonds is 6. The van der Waals surface area contributed by atoms with Crippen molar-refractivity contribution in [3.63, 3.8) is 0 Å². The molecule has 0 aliphatic carbocycles. The van der Waals surface area contributed by atoms with Crippen molar-refractivity contribution in [2.24, 2.45) is 11.7 Å². The normalized spacial score (nSPS) is 11.6. The zero-order valence-corrected chi connectivity index (χ0v) is 15.1. The van der Waals surface area contributed by atoms with Crippen molar-refractivity contribution in [2.45, 2.75) is 46.7 Å². The van der Waals surface area contributed by atoms with Crippen LogP contribution >= 0.6 is 24.8 Å². The maximum absolute atomic E-state index is 12.1. The van der Waals surface area contributed by atoms with Crippen molar-refractivity contribution in [2.75, 3.05) is 13.6 Å². The van der Waals surface area contributed by atoms with Gasteiger partial charge in [0, 0.05) is 25.3 Å². The Labute approximate surface area is 140 Å². The SMILES string of the molecule is Cc1cc(C)n(CC(=O)N(C)CCC(N)C(C)C)n1.Cl.Cl. The first-order valence-electron chi connectivity index (χ1n) is 6.82. The summed E-state index contributed by atoms with van der Waals surface area (Å²) in [6.45, 7) is 9.08. The van der Waals surface area contributed by atoms with Crippen LogP contribution in [0.25, 0.3) is 0 Å². The summed E-state index contributed by atoms with van der Waals surface area (Å²) in [5, 5.41) is 4.30. The summed E-state index contributed by atoms with van der Waals surface area (Å²) in [5.41, 5.74) is 7.94.